The standard InChI is InChI=1S/C70H68N6/c1-36-40(5)48(13)64-57(44(36)9)33-58-45(10)37(2)41(6)49(14)65(58)75(64)62-30-28-55(70-73-68(53-23-19-17-20-24-53)72-69(74-70)54-25-21-18-22-26-54)32-61(62)56-29-27-52(35-71)31-63(56)76-66-50(15)42(7)38(3)46(11)59(66)34-60-47(12)39(4)43(8)51(16)67(60)76/h17-32H,33-34H2,1-16H3. The Morgan fingerprint density at radius 3 is 1.04 bits per heavy atom. The van der Waals surface area contributed by atoms with Crippen LogP contribution in [0.4, 0.5) is 34.1 Å². The van der Waals surface area contributed by atoms with Crippen LogP contribution >= 0.6 is 0 Å². The number of aromatic nitrogens is 3. The summed E-state index contributed by atoms with van der Waals surface area (Å²) in [7, 11) is 0. The lowest BCUT2D eigenvalue weighted by Gasteiger charge is -2.42. The zero-order valence-electron chi connectivity index (χ0n) is 47.3. The molecule has 378 valence electrons. The molecule has 0 atom stereocenters. The molecule has 11 rings (SSSR count). The summed E-state index contributed by atoms with van der Waals surface area (Å²) in [6.07, 6.45) is 1.68. The molecule has 0 amide bonds. The van der Waals surface area contributed by atoms with Crippen molar-refractivity contribution in [1.29, 1.82) is 5.26 Å². The Morgan fingerprint density at radius 1 is 0.329 bits per heavy atom. The Morgan fingerprint density at radius 2 is 0.671 bits per heavy atom. The minimum Gasteiger partial charge on any atom is -0.309 e. The molecule has 0 N–H and O–H groups in total. The highest BCUT2D eigenvalue weighted by Crippen LogP contribution is 2.57. The number of benzene rings is 8. The highest BCUT2D eigenvalue weighted by atomic mass is 15.2. The van der Waals surface area contributed by atoms with Crippen molar-refractivity contribution in [3.05, 3.63) is 214 Å². The number of hydrogen-bond donors (Lipinski definition) is 0. The molecule has 2 aliphatic rings. The summed E-state index contributed by atoms with van der Waals surface area (Å²) < 4.78 is 0. The van der Waals surface area contributed by atoms with Gasteiger partial charge >= 0.3 is 0 Å². The van der Waals surface area contributed by atoms with Crippen LogP contribution in [0, 0.1) is 122 Å². The number of nitrogens with zero attached hydrogens (tertiary/aromatic N) is 6. The molecule has 6 nitrogen and oxygen atoms in total. The molecule has 0 bridgehead atoms. The van der Waals surface area contributed by atoms with Crippen molar-refractivity contribution in [3.8, 4) is 51.4 Å². The molecule has 0 radical (unpaired) electrons. The van der Waals surface area contributed by atoms with Crippen LogP contribution in [0.3, 0.4) is 0 Å². The third-order valence-corrected chi connectivity index (χ3v) is 18.6. The van der Waals surface area contributed by atoms with Gasteiger partial charge < -0.3 is 9.80 Å². The number of rotatable bonds is 6. The summed E-state index contributed by atoms with van der Waals surface area (Å²) in [5.41, 5.74) is 38.5. The van der Waals surface area contributed by atoms with E-state index in [0.29, 0.717) is 23.0 Å². The molecule has 9 aromatic rings. The topological polar surface area (TPSA) is 68.9 Å². The van der Waals surface area contributed by atoms with Gasteiger partial charge in [-0.3, -0.25) is 0 Å². The number of hydrogen-bond acceptors (Lipinski definition) is 6. The Hall–Kier alpha value is -8.14. The van der Waals surface area contributed by atoms with E-state index in [1.807, 2.05) is 42.5 Å². The van der Waals surface area contributed by atoms with E-state index >= 15 is 0 Å². The molecule has 0 saturated heterocycles. The zero-order chi connectivity index (χ0) is 53.9. The van der Waals surface area contributed by atoms with Gasteiger partial charge in [0.05, 0.1) is 45.8 Å². The van der Waals surface area contributed by atoms with E-state index in [1.165, 1.54) is 134 Å². The Balaban J connectivity index is 1.31. The van der Waals surface area contributed by atoms with Gasteiger partial charge in [0.15, 0.2) is 17.5 Å². The fourth-order valence-corrected chi connectivity index (χ4v) is 12.7. The first kappa shape index (κ1) is 50.0. The van der Waals surface area contributed by atoms with Crippen LogP contribution in [-0.4, -0.2) is 15.0 Å². The number of nitriles is 1. The zero-order valence-corrected chi connectivity index (χ0v) is 47.3. The lowest BCUT2D eigenvalue weighted by molar-refractivity contribution is 0.994. The lowest BCUT2D eigenvalue weighted by atomic mass is 9.80. The van der Waals surface area contributed by atoms with Crippen molar-refractivity contribution < 1.29 is 0 Å². The highest BCUT2D eigenvalue weighted by molar-refractivity contribution is 6.02. The lowest BCUT2D eigenvalue weighted by Crippen LogP contribution is -2.26. The second-order valence-corrected chi connectivity index (χ2v) is 21.9. The molecule has 6 heteroatoms. The molecule has 8 aromatic carbocycles. The van der Waals surface area contributed by atoms with Gasteiger partial charge in [-0.2, -0.15) is 5.26 Å². The Bertz CT molecular complexity index is 3810. The van der Waals surface area contributed by atoms with Gasteiger partial charge in [-0.15, -0.1) is 0 Å². The van der Waals surface area contributed by atoms with Crippen molar-refractivity contribution in [3.63, 3.8) is 0 Å². The summed E-state index contributed by atoms with van der Waals surface area (Å²) in [6, 6.07) is 36.2. The van der Waals surface area contributed by atoms with Crippen molar-refractivity contribution in [2.75, 3.05) is 9.80 Å². The highest BCUT2D eigenvalue weighted by Gasteiger charge is 2.37. The molecular weight excluding hydrogens is 925 g/mol. The first-order valence-electron chi connectivity index (χ1n) is 26.9. The molecule has 2 aliphatic heterocycles. The van der Waals surface area contributed by atoms with Crippen LogP contribution in [0.5, 0.6) is 0 Å². The van der Waals surface area contributed by atoms with Gasteiger partial charge in [0.25, 0.3) is 0 Å². The predicted molar refractivity (Wildman–Crippen MR) is 317 cm³/mol. The molecule has 0 fully saturated rings. The van der Waals surface area contributed by atoms with Gasteiger partial charge in [0.1, 0.15) is 0 Å². The number of fused-ring (bicyclic) bond motifs is 4. The Labute approximate surface area is 450 Å². The molecule has 3 heterocycles. The van der Waals surface area contributed by atoms with Gasteiger partial charge in [-0.25, -0.2) is 15.0 Å². The number of anilines is 6. The molecule has 0 spiro atoms. The van der Waals surface area contributed by atoms with Crippen LogP contribution in [0.25, 0.3) is 45.3 Å². The van der Waals surface area contributed by atoms with Gasteiger partial charge in [0, 0.05) is 40.7 Å². The second kappa shape index (κ2) is 18.6. The molecule has 0 saturated carbocycles. The molecule has 1 aromatic heterocycles. The molecular formula is C70H68N6. The summed E-state index contributed by atoms with van der Waals surface area (Å²) in [4.78, 5) is 20.9. The van der Waals surface area contributed by atoms with Crippen molar-refractivity contribution >= 4 is 34.1 Å². The maximum absolute atomic E-state index is 11.0. The monoisotopic (exact) mass is 993 g/mol. The SMILES string of the molecule is Cc1c(C)c(C)c2c(c1C)Cc1c(C)c(C)c(C)c(C)c1N2c1ccc(-c2nc(-c3ccccc3)nc(-c3ccccc3)n2)cc1-c1ccc(C#N)cc1N1c2c(C)c(C)c(C)c(C)c2Cc2c(C)c(C)c(C)c(C)c21. The summed E-state index contributed by atoms with van der Waals surface area (Å²) in [5, 5.41) is 11.0. The third kappa shape index (κ3) is 7.53. The third-order valence-electron chi connectivity index (χ3n) is 18.6. The summed E-state index contributed by atoms with van der Waals surface area (Å²) in [6.45, 7) is 36.7. The van der Waals surface area contributed by atoms with Crippen LogP contribution in [0.15, 0.2) is 97.1 Å². The van der Waals surface area contributed by atoms with Crippen molar-refractivity contribution in [2.45, 2.75) is 124 Å². The Kier molecular flexibility index (Phi) is 12.2. The first-order valence-corrected chi connectivity index (χ1v) is 26.9. The van der Waals surface area contributed by atoms with E-state index in [9.17, 15) is 5.26 Å². The van der Waals surface area contributed by atoms with Crippen LogP contribution in [0.2, 0.25) is 0 Å². The van der Waals surface area contributed by atoms with E-state index in [0.717, 1.165) is 52.0 Å². The molecule has 0 aliphatic carbocycles. The maximum Gasteiger partial charge on any atom is 0.164 e. The van der Waals surface area contributed by atoms with Crippen LogP contribution < -0.4 is 9.80 Å². The van der Waals surface area contributed by atoms with Gasteiger partial charge in [-0.1, -0.05) is 66.7 Å². The average Bonchev–Trinajstić information content (AvgIpc) is 3.47. The fraction of sp³-hybridized carbons (Fsp3) is 0.257. The van der Waals surface area contributed by atoms with Gasteiger partial charge in [-0.05, 0) is 252 Å². The maximum atomic E-state index is 11.0. The van der Waals surface area contributed by atoms with Crippen LogP contribution in [-0.2, 0) is 12.8 Å². The predicted octanol–water partition coefficient (Wildman–Crippen LogP) is 18.1. The molecule has 0 unspecified atom stereocenters. The van der Waals surface area contributed by atoms with Crippen molar-refractivity contribution in [2.24, 2.45) is 0 Å². The van der Waals surface area contributed by atoms with E-state index in [4.69, 9.17) is 15.0 Å². The summed E-state index contributed by atoms with van der Waals surface area (Å²) >= 11 is 0. The van der Waals surface area contributed by atoms with E-state index in [1.54, 1.807) is 0 Å². The van der Waals surface area contributed by atoms with Crippen molar-refractivity contribution in [1.82, 2.24) is 15.0 Å². The normalized spacial score (nSPS) is 12.6. The van der Waals surface area contributed by atoms with Crippen LogP contribution in [0.1, 0.15) is 117 Å². The summed E-state index contributed by atoms with van der Waals surface area (Å²) in [5.74, 6) is 1.80. The quantitative estimate of drug-likeness (QED) is 0.165. The van der Waals surface area contributed by atoms with E-state index < -0.39 is 0 Å². The average molecular weight is 993 g/mol. The minimum atomic E-state index is 0.580. The smallest absolute Gasteiger partial charge is 0.164 e. The van der Waals surface area contributed by atoms with Gasteiger partial charge in [0.2, 0.25) is 0 Å². The first-order chi connectivity index (χ1) is 36.3. The fourth-order valence-electron chi connectivity index (χ4n) is 12.7. The minimum absolute atomic E-state index is 0.580. The van der Waals surface area contributed by atoms with E-state index in [2.05, 4.69) is 181 Å². The van der Waals surface area contributed by atoms with E-state index in [-0.39, 0.29) is 0 Å². The molecule has 76 heavy (non-hydrogen) atoms. The largest absolute Gasteiger partial charge is 0.309 e. The second-order valence-electron chi connectivity index (χ2n) is 21.9.